The van der Waals surface area contributed by atoms with Crippen LogP contribution in [0.1, 0.15) is 18.4 Å². The molecule has 0 radical (unpaired) electrons. The van der Waals surface area contributed by atoms with E-state index in [1.165, 1.54) is 0 Å². The number of halogens is 4. The molecular formula is C18H17ClF3N5O. The lowest BCUT2D eigenvalue weighted by Crippen LogP contribution is -2.38. The van der Waals surface area contributed by atoms with Crippen LogP contribution in [0.5, 0.6) is 5.75 Å². The molecule has 3 N–H and O–H groups in total. The zero-order chi connectivity index (χ0) is 19.9. The lowest BCUT2D eigenvalue weighted by molar-refractivity contribution is -0.137. The molecule has 10 heteroatoms. The highest BCUT2D eigenvalue weighted by Crippen LogP contribution is 2.42. The number of nitrogens with zero attached hydrogens (tertiary/aromatic N) is 3. The Morgan fingerprint density at radius 3 is 2.79 bits per heavy atom. The number of fused-ring (bicyclic) bond motifs is 1. The van der Waals surface area contributed by atoms with Crippen LogP contribution in [0.2, 0.25) is 5.02 Å². The predicted molar refractivity (Wildman–Crippen MR) is 99.6 cm³/mol. The van der Waals surface area contributed by atoms with Crippen molar-refractivity contribution in [3.63, 3.8) is 0 Å². The van der Waals surface area contributed by atoms with Gasteiger partial charge in [-0.05, 0) is 43.7 Å². The standard InChI is InChI=1S/C18H17ClF3N5O/c19-13-7-10(18(20,21)22)8-14(28)15(13)12-4-2-6-27-16(12)25-26-17(27)24-11-3-1-5-23-9-11/h2,4,6-8,11,23,28H,1,3,5,9H2,(H,24,26)/t11-/m1/s1. The zero-order valence-corrected chi connectivity index (χ0v) is 15.3. The molecule has 0 aliphatic carbocycles. The number of anilines is 1. The number of nitrogens with one attached hydrogen (secondary N) is 2. The summed E-state index contributed by atoms with van der Waals surface area (Å²) in [5.41, 5.74) is -0.162. The summed E-state index contributed by atoms with van der Waals surface area (Å²) in [5, 5.41) is 25.0. The third kappa shape index (κ3) is 3.47. The van der Waals surface area contributed by atoms with Gasteiger partial charge >= 0.3 is 6.18 Å². The van der Waals surface area contributed by atoms with Crippen molar-refractivity contribution in [2.75, 3.05) is 18.4 Å². The second-order valence-electron chi connectivity index (χ2n) is 6.68. The van der Waals surface area contributed by atoms with Gasteiger partial charge in [-0.15, -0.1) is 10.2 Å². The highest BCUT2D eigenvalue weighted by Gasteiger charge is 2.32. The number of aromatic nitrogens is 3. The number of benzene rings is 1. The van der Waals surface area contributed by atoms with Crippen molar-refractivity contribution in [1.82, 2.24) is 19.9 Å². The van der Waals surface area contributed by atoms with Crippen LogP contribution in [-0.4, -0.2) is 38.8 Å². The van der Waals surface area contributed by atoms with Gasteiger partial charge in [-0.1, -0.05) is 11.6 Å². The van der Waals surface area contributed by atoms with E-state index in [2.05, 4.69) is 20.8 Å². The molecular weight excluding hydrogens is 395 g/mol. The summed E-state index contributed by atoms with van der Waals surface area (Å²) >= 11 is 6.10. The van der Waals surface area contributed by atoms with Crippen LogP contribution in [0.3, 0.4) is 0 Å². The van der Waals surface area contributed by atoms with Gasteiger partial charge in [-0.3, -0.25) is 4.40 Å². The minimum atomic E-state index is -4.61. The van der Waals surface area contributed by atoms with Gasteiger partial charge in [0.25, 0.3) is 0 Å². The largest absolute Gasteiger partial charge is 0.507 e. The first-order chi connectivity index (χ1) is 13.3. The van der Waals surface area contributed by atoms with Crippen molar-refractivity contribution in [3.8, 4) is 16.9 Å². The van der Waals surface area contributed by atoms with Crippen LogP contribution in [-0.2, 0) is 6.18 Å². The number of pyridine rings is 1. The van der Waals surface area contributed by atoms with Crippen LogP contribution >= 0.6 is 11.6 Å². The Kier molecular flexibility index (Phi) is 4.80. The number of hydrogen-bond donors (Lipinski definition) is 3. The van der Waals surface area contributed by atoms with E-state index in [9.17, 15) is 18.3 Å². The lowest BCUT2D eigenvalue weighted by Gasteiger charge is -2.23. The Hall–Kier alpha value is -2.52. The van der Waals surface area contributed by atoms with Crippen LogP contribution in [0.25, 0.3) is 16.8 Å². The molecule has 6 nitrogen and oxygen atoms in total. The number of phenolic OH excluding ortho intramolecular Hbond substituents is 1. The highest BCUT2D eigenvalue weighted by molar-refractivity contribution is 6.34. The Bertz CT molecular complexity index is 991. The summed E-state index contributed by atoms with van der Waals surface area (Å²) in [7, 11) is 0. The predicted octanol–water partition coefficient (Wildman–Crippen LogP) is 3.94. The van der Waals surface area contributed by atoms with Gasteiger partial charge in [0.15, 0.2) is 5.65 Å². The first-order valence-corrected chi connectivity index (χ1v) is 9.13. The summed E-state index contributed by atoms with van der Waals surface area (Å²) in [5.74, 6) is -0.0463. The minimum Gasteiger partial charge on any atom is -0.507 e. The number of rotatable bonds is 3. The summed E-state index contributed by atoms with van der Waals surface area (Å²) < 4.78 is 40.5. The van der Waals surface area contributed by atoms with Crippen LogP contribution < -0.4 is 10.6 Å². The fourth-order valence-corrected chi connectivity index (χ4v) is 3.71. The van der Waals surface area contributed by atoms with Crippen molar-refractivity contribution in [2.45, 2.75) is 25.1 Å². The van der Waals surface area contributed by atoms with E-state index in [0.29, 0.717) is 23.2 Å². The maximum atomic E-state index is 13.0. The molecule has 148 valence electrons. The Morgan fingerprint density at radius 2 is 2.11 bits per heavy atom. The molecule has 1 saturated heterocycles. The number of aromatic hydroxyl groups is 1. The average molecular weight is 412 g/mol. The van der Waals surface area contributed by atoms with Gasteiger partial charge in [0, 0.05) is 29.9 Å². The van der Waals surface area contributed by atoms with Gasteiger partial charge in [-0.25, -0.2) is 0 Å². The Labute approximate surface area is 163 Å². The van der Waals surface area contributed by atoms with Gasteiger partial charge in [-0.2, -0.15) is 13.2 Å². The van der Waals surface area contributed by atoms with Crippen molar-refractivity contribution >= 4 is 23.2 Å². The normalized spacial score (nSPS) is 17.8. The molecule has 0 amide bonds. The number of hydrogen-bond acceptors (Lipinski definition) is 5. The van der Waals surface area contributed by atoms with E-state index in [1.807, 2.05) is 0 Å². The van der Waals surface area contributed by atoms with Crippen molar-refractivity contribution in [2.24, 2.45) is 0 Å². The van der Waals surface area contributed by atoms with E-state index in [0.717, 1.165) is 32.0 Å². The summed E-state index contributed by atoms with van der Waals surface area (Å²) in [6.07, 6.45) is -0.820. The van der Waals surface area contributed by atoms with Gasteiger partial charge in [0.1, 0.15) is 5.75 Å². The fraction of sp³-hybridized carbons (Fsp3) is 0.333. The van der Waals surface area contributed by atoms with Crippen LogP contribution in [0.15, 0.2) is 30.5 Å². The maximum Gasteiger partial charge on any atom is 0.416 e. The third-order valence-corrected chi connectivity index (χ3v) is 5.03. The fourth-order valence-electron chi connectivity index (χ4n) is 3.39. The second-order valence-corrected chi connectivity index (χ2v) is 7.08. The molecule has 4 rings (SSSR count). The van der Waals surface area contributed by atoms with Crippen molar-refractivity contribution in [1.29, 1.82) is 0 Å². The van der Waals surface area contributed by atoms with Gasteiger partial charge in [0.2, 0.25) is 5.95 Å². The summed E-state index contributed by atoms with van der Waals surface area (Å²) in [6, 6.07) is 4.98. The molecule has 1 fully saturated rings. The number of piperidine rings is 1. The van der Waals surface area contributed by atoms with E-state index in [4.69, 9.17) is 11.6 Å². The molecule has 3 aromatic rings. The molecule has 2 aromatic heterocycles. The monoisotopic (exact) mass is 411 g/mol. The molecule has 1 atom stereocenters. The molecule has 1 aromatic carbocycles. The summed E-state index contributed by atoms with van der Waals surface area (Å²) in [4.78, 5) is 0. The molecule has 0 saturated carbocycles. The molecule has 0 unspecified atom stereocenters. The highest BCUT2D eigenvalue weighted by atomic mass is 35.5. The minimum absolute atomic E-state index is 0.0820. The molecule has 1 aliphatic rings. The molecule has 28 heavy (non-hydrogen) atoms. The number of alkyl halides is 3. The van der Waals surface area contributed by atoms with E-state index in [-0.39, 0.29) is 16.6 Å². The lowest BCUT2D eigenvalue weighted by atomic mass is 10.0. The third-order valence-electron chi connectivity index (χ3n) is 4.73. The van der Waals surface area contributed by atoms with E-state index in [1.54, 1.807) is 22.7 Å². The van der Waals surface area contributed by atoms with Crippen molar-refractivity contribution < 1.29 is 18.3 Å². The summed E-state index contributed by atoms with van der Waals surface area (Å²) in [6.45, 7) is 1.79. The van der Waals surface area contributed by atoms with Crippen molar-refractivity contribution in [3.05, 3.63) is 41.0 Å². The first-order valence-electron chi connectivity index (χ1n) is 8.75. The molecule has 0 spiro atoms. The Morgan fingerprint density at radius 1 is 1.29 bits per heavy atom. The van der Waals surface area contributed by atoms with Gasteiger partial charge in [0.05, 0.1) is 10.6 Å². The van der Waals surface area contributed by atoms with E-state index < -0.39 is 17.5 Å². The Balaban J connectivity index is 1.76. The quantitative estimate of drug-likeness (QED) is 0.608. The molecule has 0 bridgehead atoms. The van der Waals surface area contributed by atoms with Crippen LogP contribution in [0.4, 0.5) is 19.1 Å². The number of phenols is 1. The second kappa shape index (κ2) is 7.14. The SMILES string of the molecule is Oc1cc(C(F)(F)F)cc(Cl)c1-c1cccn2c(N[C@@H]3CCCNC3)nnc12. The smallest absolute Gasteiger partial charge is 0.416 e. The van der Waals surface area contributed by atoms with E-state index >= 15 is 0 Å². The maximum absolute atomic E-state index is 13.0. The zero-order valence-electron chi connectivity index (χ0n) is 14.6. The van der Waals surface area contributed by atoms with Crippen LogP contribution in [0, 0.1) is 0 Å². The molecule has 1 aliphatic heterocycles. The first kappa shape index (κ1) is 18.8. The average Bonchev–Trinajstić information content (AvgIpc) is 3.05. The topological polar surface area (TPSA) is 74.5 Å². The molecule has 3 heterocycles. The van der Waals surface area contributed by atoms with Gasteiger partial charge < -0.3 is 15.7 Å².